The van der Waals surface area contributed by atoms with Crippen LogP contribution in [0.4, 0.5) is 0 Å². The van der Waals surface area contributed by atoms with E-state index in [0.717, 1.165) is 6.42 Å². The molecule has 0 radical (unpaired) electrons. The maximum absolute atomic E-state index is 11.9. The molecule has 5 heteroatoms. The van der Waals surface area contributed by atoms with Crippen molar-refractivity contribution in [3.05, 3.63) is 17.5 Å². The molecule has 1 aromatic heterocycles. The summed E-state index contributed by atoms with van der Waals surface area (Å²) in [5.74, 6) is 1.09. The van der Waals surface area contributed by atoms with E-state index in [4.69, 9.17) is 4.52 Å². The van der Waals surface area contributed by atoms with Crippen LogP contribution in [0.1, 0.15) is 69.6 Å². The second-order valence-corrected chi connectivity index (χ2v) is 6.38. The first-order valence-electron chi connectivity index (χ1n) is 7.18. The minimum atomic E-state index is -0.898. The minimum absolute atomic E-state index is 0.193. The standard InChI is InChI=1S/C15H26N2O3/c1-10(2)6-7-15(5,19)9-16-14(18)12-8-13(11(3)4)20-17-12/h8,10-11,19H,6-7,9H2,1-5H3,(H,16,18). The summed E-state index contributed by atoms with van der Waals surface area (Å²) in [6, 6.07) is 1.64. The maximum Gasteiger partial charge on any atom is 0.273 e. The van der Waals surface area contributed by atoms with E-state index in [0.29, 0.717) is 18.1 Å². The van der Waals surface area contributed by atoms with Crippen molar-refractivity contribution in [2.75, 3.05) is 6.54 Å². The Morgan fingerprint density at radius 2 is 2.10 bits per heavy atom. The first-order chi connectivity index (χ1) is 9.21. The van der Waals surface area contributed by atoms with Crippen LogP contribution in [-0.4, -0.2) is 28.3 Å². The van der Waals surface area contributed by atoms with Gasteiger partial charge in [-0.2, -0.15) is 0 Å². The summed E-state index contributed by atoms with van der Waals surface area (Å²) in [6.07, 6.45) is 1.57. The molecule has 2 N–H and O–H groups in total. The zero-order chi connectivity index (χ0) is 15.3. The molecule has 0 bridgehead atoms. The molecule has 0 spiro atoms. The van der Waals surface area contributed by atoms with E-state index in [1.54, 1.807) is 13.0 Å². The highest BCUT2D eigenvalue weighted by molar-refractivity contribution is 5.92. The summed E-state index contributed by atoms with van der Waals surface area (Å²) in [5, 5.41) is 16.6. The maximum atomic E-state index is 11.9. The van der Waals surface area contributed by atoms with Gasteiger partial charge in [0.1, 0.15) is 5.76 Å². The molecule has 0 fully saturated rings. The quantitative estimate of drug-likeness (QED) is 0.806. The number of hydrogen-bond acceptors (Lipinski definition) is 4. The molecule has 1 heterocycles. The summed E-state index contributed by atoms with van der Waals surface area (Å²) in [4.78, 5) is 11.9. The van der Waals surface area contributed by atoms with Gasteiger partial charge in [0.05, 0.1) is 5.60 Å². The Bertz CT molecular complexity index is 436. The molecule has 0 aliphatic rings. The summed E-state index contributed by atoms with van der Waals surface area (Å²) in [5.41, 5.74) is -0.641. The fraction of sp³-hybridized carbons (Fsp3) is 0.733. The summed E-state index contributed by atoms with van der Waals surface area (Å²) in [7, 11) is 0. The average Bonchev–Trinajstić information content (AvgIpc) is 2.83. The van der Waals surface area contributed by atoms with E-state index >= 15 is 0 Å². The van der Waals surface area contributed by atoms with Gasteiger partial charge in [0.2, 0.25) is 0 Å². The third kappa shape index (κ3) is 5.33. The van der Waals surface area contributed by atoms with E-state index in [-0.39, 0.29) is 24.1 Å². The normalized spacial score (nSPS) is 14.6. The Hall–Kier alpha value is -1.36. The van der Waals surface area contributed by atoms with Crippen molar-refractivity contribution in [1.82, 2.24) is 10.5 Å². The van der Waals surface area contributed by atoms with Gasteiger partial charge in [0.25, 0.3) is 5.91 Å². The Kier molecular flexibility index (Phi) is 5.74. The van der Waals surface area contributed by atoms with Crippen LogP contribution in [-0.2, 0) is 0 Å². The van der Waals surface area contributed by atoms with Crippen molar-refractivity contribution in [3.8, 4) is 0 Å². The second-order valence-electron chi connectivity index (χ2n) is 6.38. The summed E-state index contributed by atoms with van der Waals surface area (Å²) >= 11 is 0. The Morgan fingerprint density at radius 3 is 2.60 bits per heavy atom. The summed E-state index contributed by atoms with van der Waals surface area (Å²) in [6.45, 7) is 10.1. The van der Waals surface area contributed by atoms with Gasteiger partial charge in [0.15, 0.2) is 5.69 Å². The van der Waals surface area contributed by atoms with Gasteiger partial charge >= 0.3 is 0 Å². The second kappa shape index (κ2) is 6.88. The number of carbonyl (C=O) groups excluding carboxylic acids is 1. The number of amides is 1. The van der Waals surface area contributed by atoms with Gasteiger partial charge < -0.3 is 14.9 Å². The monoisotopic (exact) mass is 282 g/mol. The SMILES string of the molecule is CC(C)CCC(C)(O)CNC(=O)c1cc(C(C)C)on1. The molecule has 0 aliphatic heterocycles. The molecule has 114 valence electrons. The third-order valence-electron chi connectivity index (χ3n) is 3.22. The molecular weight excluding hydrogens is 256 g/mol. The van der Waals surface area contributed by atoms with Gasteiger partial charge in [0, 0.05) is 18.5 Å². The molecular formula is C15H26N2O3. The molecule has 1 unspecified atom stereocenters. The highest BCUT2D eigenvalue weighted by atomic mass is 16.5. The predicted octanol–water partition coefficient (Wildman–Crippen LogP) is 2.72. The van der Waals surface area contributed by atoms with E-state index in [1.165, 1.54) is 0 Å². The molecule has 20 heavy (non-hydrogen) atoms. The number of hydrogen-bond donors (Lipinski definition) is 2. The Morgan fingerprint density at radius 1 is 1.45 bits per heavy atom. The zero-order valence-corrected chi connectivity index (χ0v) is 13.1. The largest absolute Gasteiger partial charge is 0.388 e. The van der Waals surface area contributed by atoms with Crippen molar-refractivity contribution < 1.29 is 14.4 Å². The van der Waals surface area contributed by atoms with Gasteiger partial charge in [-0.05, 0) is 25.7 Å². The van der Waals surface area contributed by atoms with E-state index in [2.05, 4.69) is 24.3 Å². The van der Waals surface area contributed by atoms with Crippen molar-refractivity contribution >= 4 is 5.91 Å². The van der Waals surface area contributed by atoms with Gasteiger partial charge in [-0.1, -0.05) is 32.9 Å². The van der Waals surface area contributed by atoms with Gasteiger partial charge in [-0.15, -0.1) is 0 Å². The van der Waals surface area contributed by atoms with Crippen LogP contribution in [0, 0.1) is 5.92 Å². The van der Waals surface area contributed by atoms with Crippen LogP contribution in [0.25, 0.3) is 0 Å². The van der Waals surface area contributed by atoms with Crippen molar-refractivity contribution in [3.63, 3.8) is 0 Å². The lowest BCUT2D eigenvalue weighted by Gasteiger charge is -2.24. The lowest BCUT2D eigenvalue weighted by molar-refractivity contribution is 0.0427. The molecule has 1 aromatic rings. The molecule has 0 saturated carbocycles. The highest BCUT2D eigenvalue weighted by Gasteiger charge is 2.23. The third-order valence-corrected chi connectivity index (χ3v) is 3.22. The van der Waals surface area contributed by atoms with Crippen LogP contribution in [0.15, 0.2) is 10.6 Å². The molecule has 1 rings (SSSR count). The highest BCUT2D eigenvalue weighted by Crippen LogP contribution is 2.17. The molecule has 1 amide bonds. The lowest BCUT2D eigenvalue weighted by atomic mass is 9.95. The number of aliphatic hydroxyl groups is 1. The fourth-order valence-corrected chi connectivity index (χ4v) is 1.72. The van der Waals surface area contributed by atoms with Crippen LogP contribution in [0.5, 0.6) is 0 Å². The zero-order valence-electron chi connectivity index (χ0n) is 13.1. The number of aromatic nitrogens is 1. The number of nitrogens with one attached hydrogen (secondary N) is 1. The van der Waals surface area contributed by atoms with Crippen molar-refractivity contribution in [2.24, 2.45) is 5.92 Å². The van der Waals surface area contributed by atoms with Crippen molar-refractivity contribution in [1.29, 1.82) is 0 Å². The number of rotatable bonds is 7. The fourth-order valence-electron chi connectivity index (χ4n) is 1.72. The van der Waals surface area contributed by atoms with Crippen LogP contribution >= 0.6 is 0 Å². The number of carbonyl (C=O) groups is 1. The Labute approximate surface area is 120 Å². The van der Waals surface area contributed by atoms with E-state index in [9.17, 15) is 9.90 Å². The van der Waals surface area contributed by atoms with Gasteiger partial charge in [-0.25, -0.2) is 0 Å². The molecule has 0 aliphatic carbocycles. The lowest BCUT2D eigenvalue weighted by Crippen LogP contribution is -2.40. The number of nitrogens with zero attached hydrogens (tertiary/aromatic N) is 1. The summed E-state index contributed by atoms with van der Waals surface area (Å²) < 4.78 is 5.08. The van der Waals surface area contributed by atoms with Crippen LogP contribution in [0.2, 0.25) is 0 Å². The predicted molar refractivity (Wildman–Crippen MR) is 77.6 cm³/mol. The topological polar surface area (TPSA) is 75.4 Å². The molecule has 1 atom stereocenters. The van der Waals surface area contributed by atoms with Crippen LogP contribution in [0.3, 0.4) is 0 Å². The first kappa shape index (κ1) is 16.7. The first-order valence-corrected chi connectivity index (χ1v) is 7.18. The van der Waals surface area contributed by atoms with E-state index in [1.807, 2.05) is 13.8 Å². The molecule has 0 saturated heterocycles. The van der Waals surface area contributed by atoms with Crippen molar-refractivity contribution in [2.45, 2.75) is 59.0 Å². The average molecular weight is 282 g/mol. The van der Waals surface area contributed by atoms with Gasteiger partial charge in [-0.3, -0.25) is 4.79 Å². The molecule has 5 nitrogen and oxygen atoms in total. The smallest absolute Gasteiger partial charge is 0.273 e. The molecule has 0 aromatic carbocycles. The van der Waals surface area contributed by atoms with E-state index < -0.39 is 5.60 Å². The van der Waals surface area contributed by atoms with Crippen LogP contribution < -0.4 is 5.32 Å². The Balaban J connectivity index is 2.49. The minimum Gasteiger partial charge on any atom is -0.388 e.